The number of phenols is 1. The van der Waals surface area contributed by atoms with Crippen LogP contribution in [0.1, 0.15) is 63.8 Å². The molecular weight excluding hydrogens is 572 g/mol. The van der Waals surface area contributed by atoms with Crippen molar-refractivity contribution in [1.82, 2.24) is 9.97 Å². The summed E-state index contributed by atoms with van der Waals surface area (Å²) in [5.74, 6) is 1.40. The van der Waals surface area contributed by atoms with Crippen LogP contribution in [0, 0.1) is 34.1 Å². The average molecular weight is 609 g/mol. The van der Waals surface area contributed by atoms with E-state index in [1.165, 1.54) is 18.3 Å². The number of aromatic hydroxyl groups is 1. The molecule has 4 rings (SSSR count). The predicted molar refractivity (Wildman–Crippen MR) is 168 cm³/mol. The van der Waals surface area contributed by atoms with Gasteiger partial charge in [-0.2, -0.15) is 0 Å². The Morgan fingerprint density at radius 2 is 1.23 bits per heavy atom. The first-order chi connectivity index (χ1) is 19.9. The van der Waals surface area contributed by atoms with Crippen LogP contribution in [0.2, 0.25) is 5.15 Å². The standard InChI is InChI=1S/C16H18N2O3.C10H14O.C6H5ClN2O2/c1-11-8-13(18(19)20)10-17-15(11)21-14-7-5-6-12(9-14)16(2,3)4;1-10(2,3)8-5-4-6-9(11)7-8;1-4-2-5(9(10)11)3-8-6(4)7/h5-10H,1-4H3;4-7,11H,1-3H3;2-3H,1H3. The normalized spacial score (nSPS) is 10.9. The number of hydrogen-bond donors (Lipinski definition) is 1. The van der Waals surface area contributed by atoms with Gasteiger partial charge in [0.25, 0.3) is 11.4 Å². The van der Waals surface area contributed by atoms with Crippen molar-refractivity contribution < 1.29 is 19.7 Å². The molecule has 0 fully saturated rings. The number of ether oxygens (including phenoxy) is 1. The maximum absolute atomic E-state index is 10.7. The van der Waals surface area contributed by atoms with E-state index in [0.29, 0.717) is 33.7 Å². The van der Waals surface area contributed by atoms with E-state index < -0.39 is 9.85 Å². The number of nitrogens with zero attached hydrogens (tertiary/aromatic N) is 4. The number of benzene rings is 2. The second kappa shape index (κ2) is 14.6. The zero-order valence-electron chi connectivity index (χ0n) is 25.6. The molecule has 2 aromatic carbocycles. The molecule has 0 aliphatic heterocycles. The van der Waals surface area contributed by atoms with Crippen LogP contribution in [0.15, 0.2) is 73.1 Å². The largest absolute Gasteiger partial charge is 0.508 e. The zero-order chi connectivity index (χ0) is 32.5. The monoisotopic (exact) mass is 608 g/mol. The summed E-state index contributed by atoms with van der Waals surface area (Å²) < 4.78 is 5.75. The van der Waals surface area contributed by atoms with Gasteiger partial charge in [-0.15, -0.1) is 0 Å². The van der Waals surface area contributed by atoms with Crippen molar-refractivity contribution in [3.63, 3.8) is 0 Å². The maximum atomic E-state index is 10.7. The lowest BCUT2D eigenvalue weighted by Gasteiger charge is -2.19. The molecule has 0 atom stereocenters. The number of phenolic OH excluding ortho intramolecular Hbond substituents is 1. The molecular formula is C32H37ClN4O6. The van der Waals surface area contributed by atoms with Gasteiger partial charge in [0.2, 0.25) is 5.88 Å². The van der Waals surface area contributed by atoms with Gasteiger partial charge in [0.05, 0.1) is 9.85 Å². The molecule has 0 aliphatic carbocycles. The molecule has 11 heteroatoms. The molecule has 0 radical (unpaired) electrons. The van der Waals surface area contributed by atoms with Crippen molar-refractivity contribution in [2.24, 2.45) is 0 Å². The van der Waals surface area contributed by atoms with Gasteiger partial charge in [-0.25, -0.2) is 9.97 Å². The molecule has 1 N–H and O–H groups in total. The van der Waals surface area contributed by atoms with Crippen LogP contribution in [0.4, 0.5) is 11.4 Å². The Balaban J connectivity index is 0.000000247. The molecule has 4 aromatic rings. The maximum Gasteiger partial charge on any atom is 0.288 e. The van der Waals surface area contributed by atoms with Crippen molar-refractivity contribution in [2.75, 3.05) is 0 Å². The summed E-state index contributed by atoms with van der Waals surface area (Å²) in [6, 6.07) is 18.0. The van der Waals surface area contributed by atoms with Crippen LogP contribution < -0.4 is 4.74 Å². The van der Waals surface area contributed by atoms with Gasteiger partial charge < -0.3 is 9.84 Å². The van der Waals surface area contributed by atoms with Crippen LogP contribution in [-0.2, 0) is 10.8 Å². The van der Waals surface area contributed by atoms with Crippen LogP contribution >= 0.6 is 11.6 Å². The Labute approximate surface area is 256 Å². The molecule has 43 heavy (non-hydrogen) atoms. The van der Waals surface area contributed by atoms with Gasteiger partial charge in [-0.05, 0) is 65.6 Å². The minimum Gasteiger partial charge on any atom is -0.508 e. The lowest BCUT2D eigenvalue weighted by molar-refractivity contribution is -0.385. The molecule has 0 amide bonds. The number of hydrogen-bond acceptors (Lipinski definition) is 8. The summed E-state index contributed by atoms with van der Waals surface area (Å²) in [6.45, 7) is 16.2. The zero-order valence-corrected chi connectivity index (χ0v) is 26.3. The van der Waals surface area contributed by atoms with Crippen molar-refractivity contribution in [3.8, 4) is 17.4 Å². The van der Waals surface area contributed by atoms with Crippen LogP contribution in [0.3, 0.4) is 0 Å². The molecule has 2 aromatic heterocycles. The highest BCUT2D eigenvalue weighted by Gasteiger charge is 2.16. The predicted octanol–water partition coefficient (Wildman–Crippen LogP) is 9.03. The number of aromatic nitrogens is 2. The first-order valence-corrected chi connectivity index (χ1v) is 13.7. The summed E-state index contributed by atoms with van der Waals surface area (Å²) in [5.41, 5.74) is 3.63. The van der Waals surface area contributed by atoms with E-state index in [2.05, 4.69) is 51.5 Å². The van der Waals surface area contributed by atoms with Crippen LogP contribution in [0.25, 0.3) is 0 Å². The summed E-state index contributed by atoms with van der Waals surface area (Å²) in [7, 11) is 0. The van der Waals surface area contributed by atoms with Crippen molar-refractivity contribution in [1.29, 1.82) is 0 Å². The molecule has 228 valence electrons. The molecule has 2 heterocycles. The fourth-order valence-electron chi connectivity index (χ4n) is 3.51. The first-order valence-electron chi connectivity index (χ1n) is 13.3. The first kappa shape index (κ1) is 34.6. The second-order valence-electron chi connectivity index (χ2n) is 11.8. The van der Waals surface area contributed by atoms with Gasteiger partial charge in [0, 0.05) is 17.7 Å². The van der Waals surface area contributed by atoms with Crippen molar-refractivity contribution in [2.45, 2.75) is 66.2 Å². The fourth-order valence-corrected chi connectivity index (χ4v) is 3.61. The fraction of sp³-hybridized carbons (Fsp3) is 0.312. The Hall–Kier alpha value is -4.57. The summed E-state index contributed by atoms with van der Waals surface area (Å²) in [6.07, 6.45) is 2.34. The van der Waals surface area contributed by atoms with Crippen molar-refractivity contribution >= 4 is 23.0 Å². The highest BCUT2D eigenvalue weighted by atomic mass is 35.5. The number of halogens is 1. The molecule has 0 saturated carbocycles. The van der Waals surface area contributed by atoms with Crippen LogP contribution in [-0.4, -0.2) is 24.9 Å². The Kier molecular flexibility index (Phi) is 11.7. The van der Waals surface area contributed by atoms with Gasteiger partial charge in [-0.3, -0.25) is 20.2 Å². The quantitative estimate of drug-likeness (QED) is 0.137. The highest BCUT2D eigenvalue weighted by molar-refractivity contribution is 6.30. The minimum atomic E-state index is -0.504. The average Bonchev–Trinajstić information content (AvgIpc) is 2.91. The minimum absolute atomic E-state index is 0.0251. The van der Waals surface area contributed by atoms with E-state index in [1.54, 1.807) is 26.0 Å². The molecule has 0 bridgehead atoms. The van der Waals surface area contributed by atoms with Gasteiger partial charge in [0.15, 0.2) is 0 Å². The smallest absolute Gasteiger partial charge is 0.288 e. The van der Waals surface area contributed by atoms with Gasteiger partial charge in [-0.1, -0.05) is 77.4 Å². The second-order valence-corrected chi connectivity index (χ2v) is 12.2. The molecule has 0 unspecified atom stereocenters. The Morgan fingerprint density at radius 1 is 0.744 bits per heavy atom. The Bertz CT molecular complexity index is 1580. The number of nitro groups is 2. The van der Waals surface area contributed by atoms with Gasteiger partial charge >= 0.3 is 0 Å². The third-order valence-corrected chi connectivity index (χ3v) is 6.46. The van der Waals surface area contributed by atoms with Gasteiger partial charge in [0.1, 0.15) is 29.0 Å². The lowest BCUT2D eigenvalue weighted by Crippen LogP contribution is -2.10. The summed E-state index contributed by atoms with van der Waals surface area (Å²) in [5, 5.41) is 30.4. The third kappa shape index (κ3) is 11.0. The molecule has 0 spiro atoms. The number of aryl methyl sites for hydroxylation is 2. The van der Waals surface area contributed by atoms with E-state index in [-0.39, 0.29) is 22.2 Å². The van der Waals surface area contributed by atoms with Crippen molar-refractivity contribution in [3.05, 3.63) is 121 Å². The van der Waals surface area contributed by atoms with E-state index in [9.17, 15) is 25.3 Å². The third-order valence-electron chi connectivity index (χ3n) is 6.06. The van der Waals surface area contributed by atoms with E-state index >= 15 is 0 Å². The molecule has 10 nitrogen and oxygen atoms in total. The number of rotatable bonds is 4. The van der Waals surface area contributed by atoms with Crippen LogP contribution in [0.5, 0.6) is 17.4 Å². The molecule has 0 aliphatic rings. The topological polar surface area (TPSA) is 142 Å². The lowest BCUT2D eigenvalue weighted by atomic mass is 9.87. The highest BCUT2D eigenvalue weighted by Crippen LogP contribution is 2.30. The number of pyridine rings is 2. The van der Waals surface area contributed by atoms with E-state index in [0.717, 1.165) is 17.3 Å². The summed E-state index contributed by atoms with van der Waals surface area (Å²) >= 11 is 5.55. The molecule has 0 saturated heterocycles. The van der Waals surface area contributed by atoms with E-state index in [4.69, 9.17) is 16.3 Å². The SMILES string of the molecule is CC(C)(C)c1cccc(O)c1.Cc1cc([N+](=O)[O-])cnc1Cl.Cc1cc([N+](=O)[O-])cnc1Oc1cccc(C(C)(C)C)c1. The summed E-state index contributed by atoms with van der Waals surface area (Å²) in [4.78, 5) is 27.6. The Morgan fingerprint density at radius 3 is 1.67 bits per heavy atom. The van der Waals surface area contributed by atoms with E-state index in [1.807, 2.05) is 36.4 Å².